The van der Waals surface area contributed by atoms with Crippen molar-refractivity contribution in [2.45, 2.75) is 18.0 Å². The van der Waals surface area contributed by atoms with Gasteiger partial charge in [0.05, 0.1) is 23.3 Å². The van der Waals surface area contributed by atoms with Crippen LogP contribution in [0, 0.1) is 6.92 Å². The number of aliphatic carboxylic acids is 1. The number of carboxylic acids is 2. The molecule has 10 nitrogen and oxygen atoms in total. The molecule has 0 radical (unpaired) electrons. The molecule has 0 aromatic heterocycles. The second-order valence-corrected chi connectivity index (χ2v) is 10.6. The topological polar surface area (TPSA) is 136 Å². The molecule has 0 unspecified atom stereocenters. The first-order valence-corrected chi connectivity index (χ1v) is 13.6. The van der Waals surface area contributed by atoms with Crippen molar-refractivity contribution in [1.29, 1.82) is 0 Å². The third-order valence-electron chi connectivity index (χ3n) is 6.13. The highest BCUT2D eigenvalue weighted by molar-refractivity contribution is 7.92. The van der Waals surface area contributed by atoms with E-state index in [0.717, 1.165) is 35.8 Å². The van der Waals surface area contributed by atoms with Crippen LogP contribution >= 0.6 is 0 Å². The van der Waals surface area contributed by atoms with Gasteiger partial charge in [0.25, 0.3) is 10.0 Å². The molecule has 3 aromatic rings. The Labute approximate surface area is 234 Å². The Kier molecular flexibility index (Phi) is 9.71. The van der Waals surface area contributed by atoms with Crippen LogP contribution in [0.5, 0.6) is 5.75 Å². The molecule has 41 heavy (non-hydrogen) atoms. The molecule has 1 heterocycles. The molecule has 0 atom stereocenters. The number of rotatable bonds is 7. The zero-order valence-electron chi connectivity index (χ0n) is 22.1. The maximum Gasteiger partial charge on any atom is 0.490 e. The molecule has 3 N–H and O–H groups in total. The van der Waals surface area contributed by atoms with Gasteiger partial charge in [-0.1, -0.05) is 17.7 Å². The lowest BCUT2D eigenvalue weighted by molar-refractivity contribution is -0.192. The summed E-state index contributed by atoms with van der Waals surface area (Å²) >= 11 is 0. The summed E-state index contributed by atoms with van der Waals surface area (Å²) in [7, 11) is -2.27. The molecular weight excluding hydrogens is 567 g/mol. The van der Waals surface area contributed by atoms with E-state index in [9.17, 15) is 31.5 Å². The normalized spacial score (nSPS) is 13.6. The van der Waals surface area contributed by atoms with Crippen LogP contribution in [-0.2, 0) is 14.8 Å². The van der Waals surface area contributed by atoms with Crippen molar-refractivity contribution in [3.05, 3.63) is 77.9 Å². The molecule has 4 rings (SSSR count). The van der Waals surface area contributed by atoms with E-state index in [4.69, 9.17) is 14.6 Å². The van der Waals surface area contributed by atoms with Crippen molar-refractivity contribution in [1.82, 2.24) is 0 Å². The number of sulfonamides is 1. The smallest absolute Gasteiger partial charge is 0.490 e. The second-order valence-electron chi connectivity index (χ2n) is 8.93. The van der Waals surface area contributed by atoms with Gasteiger partial charge in [-0.05, 0) is 61.5 Å². The van der Waals surface area contributed by atoms with Crippen molar-refractivity contribution in [3.8, 4) is 5.75 Å². The highest BCUT2D eigenvalue weighted by atomic mass is 32.2. The molecule has 0 amide bonds. The maximum absolute atomic E-state index is 12.8. The van der Waals surface area contributed by atoms with E-state index < -0.39 is 28.1 Å². The van der Waals surface area contributed by atoms with Gasteiger partial charge in [-0.3, -0.25) is 4.72 Å². The van der Waals surface area contributed by atoms with Crippen LogP contribution < -0.4 is 19.3 Å². The summed E-state index contributed by atoms with van der Waals surface area (Å²) in [4.78, 5) is 25.3. The fourth-order valence-electron chi connectivity index (χ4n) is 3.93. The lowest BCUT2D eigenvalue weighted by Crippen LogP contribution is -2.46. The van der Waals surface area contributed by atoms with E-state index in [1.54, 1.807) is 25.3 Å². The number of aromatic carboxylic acids is 1. The number of nitrogens with one attached hydrogen (secondary N) is 1. The molecule has 1 aliphatic heterocycles. The average molecular weight is 596 g/mol. The van der Waals surface area contributed by atoms with Gasteiger partial charge in [-0.25, -0.2) is 18.0 Å². The second kappa shape index (κ2) is 12.8. The van der Waals surface area contributed by atoms with Crippen molar-refractivity contribution >= 4 is 39.0 Å². The number of methoxy groups -OCH3 is 1. The largest absolute Gasteiger partial charge is 0.497 e. The summed E-state index contributed by atoms with van der Waals surface area (Å²) in [6, 6.07) is 19.1. The quantitative estimate of drug-likeness (QED) is 0.362. The summed E-state index contributed by atoms with van der Waals surface area (Å²) < 4.78 is 64.9. The van der Waals surface area contributed by atoms with E-state index in [0.29, 0.717) is 13.1 Å². The fourth-order valence-corrected chi connectivity index (χ4v) is 5.01. The third kappa shape index (κ3) is 8.27. The molecule has 0 spiro atoms. The van der Waals surface area contributed by atoms with Crippen molar-refractivity contribution in [2.24, 2.45) is 0 Å². The Morgan fingerprint density at radius 1 is 0.854 bits per heavy atom. The van der Waals surface area contributed by atoms with E-state index in [2.05, 4.69) is 14.5 Å². The minimum absolute atomic E-state index is 0.0358. The third-order valence-corrected chi connectivity index (χ3v) is 7.52. The van der Waals surface area contributed by atoms with E-state index in [1.165, 1.54) is 24.3 Å². The monoisotopic (exact) mass is 595 g/mol. The number of ether oxygens (including phenoxy) is 1. The van der Waals surface area contributed by atoms with E-state index >= 15 is 0 Å². The van der Waals surface area contributed by atoms with Crippen LogP contribution in [0.1, 0.15) is 15.9 Å². The molecule has 1 aliphatic rings. The predicted octanol–water partition coefficient (Wildman–Crippen LogP) is 4.46. The molecule has 3 aromatic carbocycles. The number of carbonyl (C=O) groups is 2. The predicted molar refractivity (Wildman–Crippen MR) is 146 cm³/mol. The van der Waals surface area contributed by atoms with Gasteiger partial charge in [-0.15, -0.1) is 0 Å². The molecule has 0 aliphatic carbocycles. The van der Waals surface area contributed by atoms with Gasteiger partial charge < -0.3 is 24.7 Å². The fraction of sp³-hybridized carbons (Fsp3) is 0.259. The first kappa shape index (κ1) is 31.1. The molecule has 1 saturated heterocycles. The Hall–Kier alpha value is -4.46. The first-order valence-electron chi connectivity index (χ1n) is 12.1. The minimum Gasteiger partial charge on any atom is -0.497 e. The lowest BCUT2D eigenvalue weighted by Gasteiger charge is -2.37. The van der Waals surface area contributed by atoms with E-state index in [-0.39, 0.29) is 16.1 Å². The number of anilines is 3. The average Bonchev–Trinajstić information content (AvgIpc) is 2.93. The number of piperazine rings is 1. The number of aryl methyl sites for hydroxylation is 1. The lowest BCUT2D eigenvalue weighted by atomic mass is 10.1. The van der Waals surface area contributed by atoms with Crippen LogP contribution in [0.3, 0.4) is 0 Å². The number of carboxylic acid groups (broad SMARTS) is 2. The SMILES string of the molecule is COc1ccc(N2CCN(c3ccc(NS(=O)(=O)c4ccc(C)cc4)c(C(=O)O)c3)CC2)cc1.O=C(O)C(F)(F)F. The molecule has 0 bridgehead atoms. The van der Waals surface area contributed by atoms with Crippen molar-refractivity contribution < 1.29 is 46.1 Å². The standard InChI is InChI=1S/C25H27N3O5S.C2HF3O2/c1-18-3-10-22(11-4-18)34(31,32)26-24-12-7-20(17-23(24)25(29)30)28-15-13-27(14-16-28)19-5-8-21(33-2)9-6-19;3-2(4,5)1(6)7/h3-12,17,26H,13-16H2,1-2H3,(H,29,30);(H,6,7). The van der Waals surface area contributed by atoms with Crippen LogP contribution in [0.15, 0.2) is 71.6 Å². The van der Waals surface area contributed by atoms with Gasteiger partial charge in [-0.2, -0.15) is 13.2 Å². The van der Waals surface area contributed by atoms with Gasteiger partial charge >= 0.3 is 18.1 Å². The molecular formula is C27H28F3N3O7S. The summed E-state index contributed by atoms with van der Waals surface area (Å²) in [6.45, 7) is 4.83. The number of nitrogens with zero attached hydrogens (tertiary/aromatic N) is 2. The molecule has 0 saturated carbocycles. The van der Waals surface area contributed by atoms with Gasteiger partial charge in [0, 0.05) is 37.6 Å². The van der Waals surface area contributed by atoms with E-state index in [1.807, 2.05) is 31.2 Å². The summed E-state index contributed by atoms with van der Waals surface area (Å²) in [5.41, 5.74) is 2.72. The van der Waals surface area contributed by atoms with Crippen LogP contribution in [0.4, 0.5) is 30.2 Å². The minimum atomic E-state index is -5.08. The number of alkyl halides is 3. The summed E-state index contributed by atoms with van der Waals surface area (Å²) in [5.74, 6) is -3.14. The number of halogens is 3. The van der Waals surface area contributed by atoms with Gasteiger partial charge in [0.15, 0.2) is 0 Å². The zero-order valence-corrected chi connectivity index (χ0v) is 22.9. The highest BCUT2D eigenvalue weighted by Gasteiger charge is 2.38. The first-order chi connectivity index (χ1) is 19.2. The number of hydrogen-bond donors (Lipinski definition) is 3. The maximum atomic E-state index is 12.8. The van der Waals surface area contributed by atoms with Crippen molar-refractivity contribution in [2.75, 3.05) is 47.8 Å². The van der Waals surface area contributed by atoms with Crippen LogP contribution in [0.25, 0.3) is 0 Å². The van der Waals surface area contributed by atoms with Crippen molar-refractivity contribution in [3.63, 3.8) is 0 Å². The molecule has 14 heteroatoms. The molecule has 220 valence electrons. The van der Waals surface area contributed by atoms with Gasteiger partial charge in [0.2, 0.25) is 0 Å². The number of hydrogen-bond acceptors (Lipinski definition) is 7. The van der Waals surface area contributed by atoms with Crippen LogP contribution in [0.2, 0.25) is 0 Å². The Bertz CT molecular complexity index is 1470. The van der Waals surface area contributed by atoms with Crippen LogP contribution in [-0.4, -0.2) is 70.0 Å². The zero-order chi connectivity index (χ0) is 30.4. The summed E-state index contributed by atoms with van der Waals surface area (Å²) in [6.07, 6.45) is -5.08. The summed E-state index contributed by atoms with van der Waals surface area (Å²) in [5, 5.41) is 16.9. The number of benzene rings is 3. The molecule has 1 fully saturated rings. The Balaban J connectivity index is 0.000000587. The Morgan fingerprint density at radius 2 is 1.34 bits per heavy atom. The van der Waals surface area contributed by atoms with Gasteiger partial charge in [0.1, 0.15) is 5.75 Å². The Morgan fingerprint density at radius 3 is 1.80 bits per heavy atom. The highest BCUT2D eigenvalue weighted by Crippen LogP contribution is 2.28.